The van der Waals surface area contributed by atoms with Crippen LogP contribution in [0.15, 0.2) is 24.3 Å². The molecule has 0 saturated carbocycles. The SMILES string of the molecule is CCC.CCC.CCCCP(c1ccccc1P1CCCC1C(C)C)C(C)C. The standard InChI is InChI=1S/C20H34P2.2C3H8/c1-6-7-14-21(17(4)5)19-11-8-9-12-20(19)22-15-10-13-18(22)16(2)3;2*1-3-2/h8-9,11-12,16-18H,6-7,10,13-15H2,1-5H3;2*3H2,1-2H3. The third kappa shape index (κ3) is 9.72. The number of benzene rings is 1. The molecule has 0 nitrogen and oxygen atoms in total. The molecule has 3 unspecified atom stereocenters. The Morgan fingerprint density at radius 3 is 2.04 bits per heavy atom. The first-order chi connectivity index (χ1) is 13.4. The molecule has 0 bridgehead atoms. The minimum absolute atomic E-state index is 0.0203. The van der Waals surface area contributed by atoms with Gasteiger partial charge in [-0.25, -0.2) is 0 Å². The maximum Gasteiger partial charge on any atom is -0.0146 e. The van der Waals surface area contributed by atoms with Gasteiger partial charge in [0.15, 0.2) is 0 Å². The molecule has 1 fully saturated rings. The Kier molecular flexibility index (Phi) is 16.9. The van der Waals surface area contributed by atoms with Gasteiger partial charge in [-0.05, 0) is 59.4 Å². The van der Waals surface area contributed by atoms with Crippen LogP contribution in [-0.2, 0) is 0 Å². The summed E-state index contributed by atoms with van der Waals surface area (Å²) >= 11 is 0. The first-order valence-electron chi connectivity index (χ1n) is 12.0. The number of hydrogen-bond acceptors (Lipinski definition) is 0. The molecule has 0 radical (unpaired) electrons. The van der Waals surface area contributed by atoms with Gasteiger partial charge in [0.05, 0.1) is 0 Å². The van der Waals surface area contributed by atoms with Crippen molar-refractivity contribution in [3.63, 3.8) is 0 Å². The molecule has 2 rings (SSSR count). The molecule has 1 aliphatic rings. The third-order valence-corrected chi connectivity index (χ3v) is 11.6. The molecule has 0 amide bonds. The maximum atomic E-state index is 2.49. The minimum atomic E-state index is 0.0203. The van der Waals surface area contributed by atoms with Gasteiger partial charge < -0.3 is 0 Å². The summed E-state index contributed by atoms with van der Waals surface area (Å²) in [6.07, 6.45) is 11.0. The Hall–Kier alpha value is 0.0800. The lowest BCUT2D eigenvalue weighted by Gasteiger charge is -2.30. The van der Waals surface area contributed by atoms with E-state index in [2.05, 4.69) is 86.6 Å². The monoisotopic (exact) mass is 424 g/mol. The van der Waals surface area contributed by atoms with Crippen LogP contribution in [0.2, 0.25) is 0 Å². The Balaban J connectivity index is 0.00000108. The predicted molar refractivity (Wildman–Crippen MR) is 139 cm³/mol. The molecule has 2 heteroatoms. The number of hydrogen-bond donors (Lipinski definition) is 0. The predicted octanol–water partition coefficient (Wildman–Crippen LogP) is 8.76. The van der Waals surface area contributed by atoms with Crippen LogP contribution >= 0.6 is 15.8 Å². The second-order valence-electron chi connectivity index (χ2n) is 8.69. The van der Waals surface area contributed by atoms with E-state index in [9.17, 15) is 0 Å². The molecule has 1 aromatic rings. The molecule has 0 N–H and O–H groups in total. The summed E-state index contributed by atoms with van der Waals surface area (Å²) in [6.45, 7) is 20.6. The van der Waals surface area contributed by atoms with E-state index >= 15 is 0 Å². The van der Waals surface area contributed by atoms with Gasteiger partial charge in [0.1, 0.15) is 0 Å². The summed E-state index contributed by atoms with van der Waals surface area (Å²) in [6, 6.07) is 9.56. The van der Waals surface area contributed by atoms with Crippen LogP contribution in [0.5, 0.6) is 0 Å². The van der Waals surface area contributed by atoms with Crippen LogP contribution in [0.1, 0.15) is 101 Å². The number of rotatable bonds is 7. The first-order valence-corrected chi connectivity index (χ1v) is 15.2. The van der Waals surface area contributed by atoms with E-state index in [4.69, 9.17) is 0 Å². The molecule has 164 valence electrons. The Bertz CT molecular complexity index is 479. The fourth-order valence-electron chi connectivity index (χ4n) is 3.72. The Morgan fingerprint density at radius 2 is 1.54 bits per heavy atom. The van der Waals surface area contributed by atoms with Crippen LogP contribution in [0, 0.1) is 5.92 Å². The van der Waals surface area contributed by atoms with Crippen molar-refractivity contribution in [2.45, 2.75) is 112 Å². The molecule has 1 aromatic carbocycles. The largest absolute Gasteiger partial charge is 0.0720 e. The summed E-state index contributed by atoms with van der Waals surface area (Å²) in [5.74, 6) is 0.850. The maximum absolute atomic E-state index is 2.49. The van der Waals surface area contributed by atoms with E-state index in [-0.39, 0.29) is 15.8 Å². The average molecular weight is 425 g/mol. The van der Waals surface area contributed by atoms with Gasteiger partial charge in [0.2, 0.25) is 0 Å². The molecule has 1 aliphatic heterocycles. The summed E-state index contributed by atoms with van der Waals surface area (Å²) < 4.78 is 0. The lowest BCUT2D eigenvalue weighted by Crippen LogP contribution is -2.28. The summed E-state index contributed by atoms with van der Waals surface area (Å²) in [5.41, 5.74) is 1.78. The summed E-state index contributed by atoms with van der Waals surface area (Å²) in [4.78, 5) is 0. The smallest absolute Gasteiger partial charge is 0.0146 e. The zero-order chi connectivity index (χ0) is 21.5. The van der Waals surface area contributed by atoms with Gasteiger partial charge in [-0.2, -0.15) is 0 Å². The van der Waals surface area contributed by atoms with E-state index in [1.54, 1.807) is 10.6 Å². The van der Waals surface area contributed by atoms with Crippen molar-refractivity contribution in [3.8, 4) is 0 Å². The Morgan fingerprint density at radius 1 is 0.964 bits per heavy atom. The van der Waals surface area contributed by atoms with Crippen molar-refractivity contribution < 1.29 is 0 Å². The second kappa shape index (κ2) is 16.8. The summed E-state index contributed by atoms with van der Waals surface area (Å²) in [7, 11) is 0.100. The fourth-order valence-corrected chi connectivity index (χ4v) is 10.4. The molecule has 0 spiro atoms. The molecule has 1 saturated heterocycles. The topological polar surface area (TPSA) is 0 Å². The van der Waals surface area contributed by atoms with Gasteiger partial charge in [0.25, 0.3) is 0 Å². The molecule has 28 heavy (non-hydrogen) atoms. The van der Waals surface area contributed by atoms with E-state index < -0.39 is 0 Å². The van der Waals surface area contributed by atoms with Crippen LogP contribution in [-0.4, -0.2) is 23.6 Å². The molecule has 0 aliphatic carbocycles. The normalized spacial score (nSPS) is 19.7. The zero-order valence-corrected chi connectivity index (χ0v) is 22.4. The lowest BCUT2D eigenvalue weighted by molar-refractivity contribution is 0.583. The van der Waals surface area contributed by atoms with E-state index in [1.165, 1.54) is 50.8 Å². The molecule has 0 aromatic heterocycles. The fraction of sp³-hybridized carbons (Fsp3) is 0.769. The third-order valence-electron chi connectivity index (χ3n) is 4.95. The number of unbranched alkanes of at least 4 members (excludes halogenated alkanes) is 1. The second-order valence-corrected chi connectivity index (χ2v) is 14.1. The van der Waals surface area contributed by atoms with Crippen molar-refractivity contribution in [2.24, 2.45) is 5.92 Å². The van der Waals surface area contributed by atoms with Crippen LogP contribution in [0.3, 0.4) is 0 Å². The van der Waals surface area contributed by atoms with Crippen molar-refractivity contribution in [1.82, 2.24) is 0 Å². The van der Waals surface area contributed by atoms with Crippen LogP contribution in [0.4, 0.5) is 0 Å². The highest BCUT2D eigenvalue weighted by atomic mass is 31.1. The highest BCUT2D eigenvalue weighted by Crippen LogP contribution is 2.53. The van der Waals surface area contributed by atoms with Crippen molar-refractivity contribution in [2.75, 3.05) is 12.3 Å². The van der Waals surface area contributed by atoms with E-state index in [1.807, 2.05) is 0 Å². The highest BCUT2D eigenvalue weighted by Gasteiger charge is 2.32. The zero-order valence-electron chi connectivity index (χ0n) is 20.6. The van der Waals surface area contributed by atoms with Crippen LogP contribution < -0.4 is 10.6 Å². The first kappa shape index (κ1) is 28.1. The van der Waals surface area contributed by atoms with Gasteiger partial charge >= 0.3 is 0 Å². The molecule has 3 atom stereocenters. The Labute approximate surface area is 181 Å². The van der Waals surface area contributed by atoms with Crippen LogP contribution in [0.25, 0.3) is 0 Å². The quantitative estimate of drug-likeness (QED) is 0.384. The van der Waals surface area contributed by atoms with E-state index in [0.29, 0.717) is 0 Å². The van der Waals surface area contributed by atoms with E-state index in [0.717, 1.165) is 17.2 Å². The van der Waals surface area contributed by atoms with Gasteiger partial charge in [-0.1, -0.05) is 122 Å². The van der Waals surface area contributed by atoms with Gasteiger partial charge in [0, 0.05) is 0 Å². The molecule has 1 heterocycles. The van der Waals surface area contributed by atoms with Gasteiger partial charge in [-0.3, -0.25) is 0 Å². The van der Waals surface area contributed by atoms with Crippen molar-refractivity contribution >= 4 is 26.5 Å². The summed E-state index contributed by atoms with van der Waals surface area (Å²) in [5, 5.41) is 3.55. The minimum Gasteiger partial charge on any atom is -0.0720 e. The molecular weight excluding hydrogens is 374 g/mol. The van der Waals surface area contributed by atoms with Crippen molar-refractivity contribution in [1.29, 1.82) is 0 Å². The molecular formula is C26H50P2. The average Bonchev–Trinajstić information content (AvgIpc) is 3.13. The van der Waals surface area contributed by atoms with Gasteiger partial charge in [-0.15, -0.1) is 0 Å². The van der Waals surface area contributed by atoms with Crippen molar-refractivity contribution in [3.05, 3.63) is 24.3 Å². The lowest BCUT2D eigenvalue weighted by atomic mass is 10.1. The highest BCUT2D eigenvalue weighted by molar-refractivity contribution is 7.72.